The largest absolute Gasteiger partial charge is 0.420 e. The zero-order chi connectivity index (χ0) is 19.0. The molecule has 9 nitrogen and oxygen atoms in total. The molecule has 3 N–H and O–H groups in total. The number of aromatic nitrogens is 3. The van der Waals surface area contributed by atoms with Gasteiger partial charge in [0, 0.05) is 30.1 Å². The highest BCUT2D eigenvalue weighted by Crippen LogP contribution is 2.45. The molecule has 0 spiro atoms. The van der Waals surface area contributed by atoms with Gasteiger partial charge in [-0.05, 0) is 17.7 Å². The molecule has 9 heteroatoms. The minimum absolute atomic E-state index is 0.0242. The fourth-order valence-corrected chi connectivity index (χ4v) is 3.13. The third-order valence-corrected chi connectivity index (χ3v) is 4.32. The molecule has 1 aliphatic heterocycles. The van der Waals surface area contributed by atoms with E-state index < -0.39 is 10.8 Å². The van der Waals surface area contributed by atoms with Crippen molar-refractivity contribution in [1.29, 1.82) is 5.26 Å². The van der Waals surface area contributed by atoms with Gasteiger partial charge >= 0.3 is 0 Å². The van der Waals surface area contributed by atoms with Gasteiger partial charge in [-0.2, -0.15) is 5.26 Å². The Morgan fingerprint density at radius 3 is 2.78 bits per heavy atom. The molecule has 0 fully saturated rings. The molecule has 1 atom stereocenters. The quantitative estimate of drug-likeness (QED) is 0.539. The first-order valence-electron chi connectivity index (χ1n) is 7.90. The molecule has 0 radical (unpaired) electrons. The van der Waals surface area contributed by atoms with Crippen molar-refractivity contribution in [3.8, 4) is 23.2 Å². The number of benzene rings is 1. The van der Waals surface area contributed by atoms with Gasteiger partial charge in [0.05, 0.1) is 22.1 Å². The summed E-state index contributed by atoms with van der Waals surface area (Å²) < 4.78 is 5.51. The summed E-state index contributed by atoms with van der Waals surface area (Å²) >= 11 is 0. The first kappa shape index (κ1) is 16.3. The van der Waals surface area contributed by atoms with Crippen LogP contribution >= 0.6 is 0 Å². The lowest BCUT2D eigenvalue weighted by atomic mass is 9.83. The highest BCUT2D eigenvalue weighted by molar-refractivity contribution is 5.72. The molecule has 2 aromatic heterocycles. The van der Waals surface area contributed by atoms with Crippen molar-refractivity contribution in [2.75, 3.05) is 0 Å². The van der Waals surface area contributed by atoms with E-state index in [-0.39, 0.29) is 23.0 Å². The molecule has 0 aliphatic carbocycles. The van der Waals surface area contributed by atoms with Crippen LogP contribution in [0.3, 0.4) is 0 Å². The van der Waals surface area contributed by atoms with E-state index in [9.17, 15) is 15.4 Å². The predicted octanol–water partition coefficient (Wildman–Crippen LogP) is 2.60. The third-order valence-electron chi connectivity index (χ3n) is 4.32. The maximum atomic E-state index is 11.1. The SMILES string of the molecule is N#CC1=C(N)Oc2n[nH]c(-c3cccc([N+](=O)[O-])c3)c2[C@@H]1c1ccncc1. The number of rotatable bonds is 3. The Hall–Kier alpha value is -4.19. The zero-order valence-corrected chi connectivity index (χ0v) is 13.8. The van der Waals surface area contributed by atoms with Crippen molar-refractivity contribution in [3.63, 3.8) is 0 Å². The van der Waals surface area contributed by atoms with E-state index in [1.165, 1.54) is 12.1 Å². The number of hydrogen-bond acceptors (Lipinski definition) is 7. The monoisotopic (exact) mass is 360 g/mol. The van der Waals surface area contributed by atoms with Gasteiger partial charge in [-0.25, -0.2) is 0 Å². The van der Waals surface area contributed by atoms with Gasteiger partial charge in [0.25, 0.3) is 5.69 Å². The number of nitrogens with two attached hydrogens (primary N) is 1. The molecule has 0 saturated heterocycles. The average Bonchev–Trinajstić information content (AvgIpc) is 3.11. The van der Waals surface area contributed by atoms with Crippen molar-refractivity contribution in [1.82, 2.24) is 15.2 Å². The van der Waals surface area contributed by atoms with Crippen LogP contribution in [0.5, 0.6) is 5.88 Å². The van der Waals surface area contributed by atoms with E-state index in [0.29, 0.717) is 16.8 Å². The summed E-state index contributed by atoms with van der Waals surface area (Å²) in [6.07, 6.45) is 3.23. The Morgan fingerprint density at radius 1 is 1.30 bits per heavy atom. The van der Waals surface area contributed by atoms with Crippen LogP contribution in [0.1, 0.15) is 17.0 Å². The number of aromatic amines is 1. The van der Waals surface area contributed by atoms with Crippen LogP contribution in [0.4, 0.5) is 5.69 Å². The highest BCUT2D eigenvalue weighted by Gasteiger charge is 2.35. The summed E-state index contributed by atoms with van der Waals surface area (Å²) in [6.45, 7) is 0. The Balaban J connectivity index is 1.94. The standard InChI is InChI=1S/C18H12N6O3/c19-9-13-14(10-4-6-21-7-5-10)15-16(22-23-18(15)27-17(13)20)11-2-1-3-12(8-11)24(25)26/h1-8,14H,20H2,(H,22,23)/t14-/m1/s1. The summed E-state index contributed by atoms with van der Waals surface area (Å²) in [5, 5.41) is 27.8. The fraction of sp³-hybridized carbons (Fsp3) is 0.0556. The number of ether oxygens (including phenoxy) is 1. The van der Waals surface area contributed by atoms with Crippen LogP contribution in [-0.2, 0) is 0 Å². The highest BCUT2D eigenvalue weighted by atomic mass is 16.6. The number of hydrogen-bond donors (Lipinski definition) is 2. The van der Waals surface area contributed by atoms with E-state index in [1.54, 1.807) is 36.7 Å². The van der Waals surface area contributed by atoms with Gasteiger partial charge in [0.1, 0.15) is 11.6 Å². The summed E-state index contributed by atoms with van der Waals surface area (Å²) in [5.74, 6) is -0.325. The van der Waals surface area contributed by atoms with Crippen molar-refractivity contribution >= 4 is 5.69 Å². The zero-order valence-electron chi connectivity index (χ0n) is 13.8. The molecule has 132 valence electrons. The van der Waals surface area contributed by atoms with Gasteiger partial charge in [0.2, 0.25) is 11.8 Å². The smallest absolute Gasteiger partial charge is 0.270 e. The number of non-ortho nitro benzene ring substituents is 1. The Bertz CT molecular complexity index is 1110. The van der Waals surface area contributed by atoms with Crippen LogP contribution in [0, 0.1) is 21.4 Å². The molecule has 1 aromatic carbocycles. The molecule has 0 bridgehead atoms. The van der Waals surface area contributed by atoms with E-state index >= 15 is 0 Å². The number of nitrogens with zero attached hydrogens (tertiary/aromatic N) is 4. The van der Waals surface area contributed by atoms with Crippen molar-refractivity contribution in [2.24, 2.45) is 5.73 Å². The molecule has 4 rings (SSSR count). The van der Waals surface area contributed by atoms with E-state index in [0.717, 1.165) is 5.56 Å². The summed E-state index contributed by atoms with van der Waals surface area (Å²) in [5.41, 5.74) is 8.55. The average molecular weight is 360 g/mol. The van der Waals surface area contributed by atoms with Crippen LogP contribution in [-0.4, -0.2) is 20.1 Å². The number of allylic oxidation sites excluding steroid dienone is 1. The summed E-state index contributed by atoms with van der Waals surface area (Å²) in [7, 11) is 0. The second kappa shape index (κ2) is 6.27. The fourth-order valence-electron chi connectivity index (χ4n) is 3.13. The second-order valence-corrected chi connectivity index (χ2v) is 5.83. The molecule has 3 heterocycles. The molecular weight excluding hydrogens is 348 g/mol. The lowest BCUT2D eigenvalue weighted by Gasteiger charge is -2.23. The minimum atomic E-state index is -0.533. The number of fused-ring (bicyclic) bond motifs is 1. The number of nitro benzene ring substituents is 1. The normalized spacial score (nSPS) is 15.6. The van der Waals surface area contributed by atoms with Crippen molar-refractivity contribution in [3.05, 3.63) is 81.5 Å². The number of pyridine rings is 1. The van der Waals surface area contributed by atoms with Crippen LogP contribution in [0.25, 0.3) is 11.3 Å². The Morgan fingerprint density at radius 2 is 2.07 bits per heavy atom. The molecule has 27 heavy (non-hydrogen) atoms. The minimum Gasteiger partial charge on any atom is -0.420 e. The van der Waals surface area contributed by atoms with Gasteiger partial charge < -0.3 is 10.5 Å². The first-order chi connectivity index (χ1) is 13.1. The lowest BCUT2D eigenvalue weighted by Crippen LogP contribution is -2.21. The second-order valence-electron chi connectivity index (χ2n) is 5.83. The number of nitriles is 1. The summed E-state index contributed by atoms with van der Waals surface area (Å²) in [6, 6.07) is 11.8. The maximum Gasteiger partial charge on any atom is 0.270 e. The topological polar surface area (TPSA) is 144 Å². The number of nitrogens with one attached hydrogen (secondary N) is 1. The predicted molar refractivity (Wildman–Crippen MR) is 94.2 cm³/mol. The van der Waals surface area contributed by atoms with Crippen LogP contribution in [0.15, 0.2) is 60.2 Å². The molecule has 3 aromatic rings. The number of nitro groups is 1. The first-order valence-corrected chi connectivity index (χ1v) is 7.90. The third kappa shape index (κ3) is 2.65. The van der Waals surface area contributed by atoms with Crippen molar-refractivity contribution in [2.45, 2.75) is 5.92 Å². The van der Waals surface area contributed by atoms with Crippen LogP contribution < -0.4 is 10.5 Å². The summed E-state index contributed by atoms with van der Waals surface area (Å²) in [4.78, 5) is 14.7. The Kier molecular flexibility index (Phi) is 3.78. The molecule has 0 unspecified atom stereocenters. The molecular formula is C18H12N6O3. The van der Waals surface area contributed by atoms with Gasteiger partial charge in [-0.15, -0.1) is 5.10 Å². The number of H-pyrrole nitrogens is 1. The van der Waals surface area contributed by atoms with E-state index in [1.807, 2.05) is 0 Å². The Labute approximate surface area is 152 Å². The molecule has 0 saturated carbocycles. The van der Waals surface area contributed by atoms with Crippen LogP contribution in [0.2, 0.25) is 0 Å². The van der Waals surface area contributed by atoms with Gasteiger partial charge in [-0.3, -0.25) is 20.2 Å². The van der Waals surface area contributed by atoms with Gasteiger partial charge in [0.15, 0.2) is 0 Å². The molecule has 0 amide bonds. The van der Waals surface area contributed by atoms with E-state index in [4.69, 9.17) is 10.5 Å². The maximum absolute atomic E-state index is 11.1. The van der Waals surface area contributed by atoms with E-state index in [2.05, 4.69) is 21.3 Å². The lowest BCUT2D eigenvalue weighted by molar-refractivity contribution is -0.384. The van der Waals surface area contributed by atoms with Crippen molar-refractivity contribution < 1.29 is 9.66 Å². The van der Waals surface area contributed by atoms with Gasteiger partial charge in [-0.1, -0.05) is 12.1 Å². The molecule has 1 aliphatic rings.